The molecule has 0 aliphatic carbocycles. The number of likely N-dealkylation sites (N-methyl/N-ethyl adjacent to an activating group) is 4. The summed E-state index contributed by atoms with van der Waals surface area (Å²) in [6.07, 6.45) is -1.78. The van der Waals surface area contributed by atoms with Crippen LogP contribution in [0.4, 0.5) is 11.9 Å². The molecule has 2 aromatic heterocycles. The number of nitrogens with zero attached hydrogens (tertiary/aromatic N) is 10. The van der Waals surface area contributed by atoms with Crippen LogP contribution in [0.1, 0.15) is 129 Å². The lowest BCUT2D eigenvalue weighted by Gasteiger charge is -2.35. The SMILES string of the molecule is CC(C)C[C@H]1C(=O)O[C@H](Cc2ccc(Cc3ccnc(N4CCOCC4)n3)cc2)C(=O)N(C)[C@@H](CC(C)C)C(=O)O[C@H](C)C(=O)N(C)[C@@H](CC(C)C)C(=O)O[C@H](Cc2ccc(Cc3ccnc(N4CCOCC4)n3)cc2)C(=O)N(C)[C@@H](CC(C)C)C(=O)O[C@H](C)C(=O)N1C. The fourth-order valence-corrected chi connectivity index (χ4v) is 11.7. The first-order chi connectivity index (χ1) is 44.7. The molecule has 512 valence electrons. The van der Waals surface area contributed by atoms with E-state index in [1.54, 1.807) is 12.4 Å². The molecule has 3 saturated heterocycles. The second-order valence-electron chi connectivity index (χ2n) is 26.7. The van der Waals surface area contributed by atoms with Gasteiger partial charge in [-0.15, -0.1) is 0 Å². The van der Waals surface area contributed by atoms with Crippen LogP contribution in [0.3, 0.4) is 0 Å². The van der Waals surface area contributed by atoms with Gasteiger partial charge in [-0.25, -0.2) is 39.1 Å². The molecule has 0 saturated carbocycles. The molecule has 3 aliphatic heterocycles. The predicted octanol–water partition coefficient (Wildman–Crippen LogP) is 6.10. The molecule has 4 amide bonds. The molecule has 5 heterocycles. The van der Waals surface area contributed by atoms with Crippen molar-refractivity contribution < 1.29 is 66.8 Å². The highest BCUT2D eigenvalue weighted by molar-refractivity contribution is 5.94. The maximum atomic E-state index is 15.2. The van der Waals surface area contributed by atoms with E-state index < -0.39 is 96.1 Å². The number of carbonyl (C=O) groups excluding carboxylic acids is 8. The summed E-state index contributed by atoms with van der Waals surface area (Å²) in [5.74, 6) is -6.35. The Balaban J connectivity index is 1.22. The van der Waals surface area contributed by atoms with Crippen molar-refractivity contribution in [3.63, 3.8) is 0 Å². The lowest BCUT2D eigenvalue weighted by atomic mass is 9.99. The quantitative estimate of drug-likeness (QED) is 0.0805. The van der Waals surface area contributed by atoms with Crippen molar-refractivity contribution in [1.29, 1.82) is 0 Å². The number of morpholine rings is 2. The third kappa shape index (κ3) is 20.4. The molecule has 0 radical (unpaired) electrons. The van der Waals surface area contributed by atoms with Crippen LogP contribution in [-0.2, 0) is 92.5 Å². The van der Waals surface area contributed by atoms with E-state index in [2.05, 4.69) is 19.8 Å². The van der Waals surface area contributed by atoms with Gasteiger partial charge in [0.25, 0.3) is 23.6 Å². The molecule has 0 unspecified atom stereocenters. The van der Waals surface area contributed by atoms with E-state index in [0.717, 1.165) is 42.1 Å². The third-order valence-electron chi connectivity index (χ3n) is 17.1. The second-order valence-corrected chi connectivity index (χ2v) is 26.7. The molecule has 0 bridgehead atoms. The van der Waals surface area contributed by atoms with E-state index in [0.29, 0.717) is 88.5 Å². The Kier molecular flexibility index (Phi) is 26.8. The maximum Gasteiger partial charge on any atom is 0.329 e. The lowest BCUT2D eigenvalue weighted by Crippen LogP contribution is -2.55. The van der Waals surface area contributed by atoms with E-state index in [-0.39, 0.29) is 62.2 Å². The lowest BCUT2D eigenvalue weighted by molar-refractivity contribution is -0.176. The summed E-state index contributed by atoms with van der Waals surface area (Å²) in [5.41, 5.74) is 4.60. The first-order valence-corrected chi connectivity index (χ1v) is 33.0. The molecule has 94 heavy (non-hydrogen) atoms. The summed E-state index contributed by atoms with van der Waals surface area (Å²) < 4.78 is 35.5. The maximum absolute atomic E-state index is 15.2. The Hall–Kier alpha value is -8.12. The molecule has 3 fully saturated rings. The first kappa shape index (κ1) is 73.3. The van der Waals surface area contributed by atoms with Crippen LogP contribution in [0, 0.1) is 23.7 Å². The highest BCUT2D eigenvalue weighted by Gasteiger charge is 2.43. The average molecular weight is 1300 g/mol. The number of benzene rings is 2. The highest BCUT2D eigenvalue weighted by Crippen LogP contribution is 2.26. The molecule has 7 rings (SSSR count). The molecule has 3 aliphatic rings. The normalized spacial score (nSPS) is 23.5. The minimum atomic E-state index is -1.56. The van der Waals surface area contributed by atoms with Crippen LogP contribution >= 0.6 is 0 Å². The zero-order chi connectivity index (χ0) is 68.5. The van der Waals surface area contributed by atoms with E-state index in [1.165, 1.54) is 42.0 Å². The molecule has 0 N–H and O–H groups in total. The van der Waals surface area contributed by atoms with E-state index >= 15 is 9.59 Å². The molecule has 2 aromatic carbocycles. The van der Waals surface area contributed by atoms with Gasteiger partial charge in [-0.1, -0.05) is 104 Å². The standard InChI is InChI=1S/C70H98N10O14/c1-43(2)35-55-65(85)91-47(9)61(81)75(11)58(38-46(7)8)68(88)94-60(42-52-21-17-50(18-22-52)40-54-24-26-72-70(74-54)80-29-33-90-34-30-80)64(84)78(14)56(36-44(3)4)66(86)92-48(10)62(82)76(12)57(37-45(5)6)67(87)93-59(63(83)77(55)13)41-51-19-15-49(16-20-51)39-53-23-25-71-69(73-53)79-27-31-89-32-28-79/h15-26,43-48,55-60H,27-42H2,1-14H3/t47-,48-,55+,56+,57+,58+,59-,60-/m1/s1. The largest absolute Gasteiger partial charge is 0.451 e. The van der Waals surface area contributed by atoms with Crippen molar-refractivity contribution in [1.82, 2.24) is 39.5 Å². The minimum absolute atomic E-state index is 0.0678. The van der Waals surface area contributed by atoms with Crippen LogP contribution < -0.4 is 9.80 Å². The number of hydrogen-bond donors (Lipinski definition) is 0. The number of cyclic esters (lactones) is 4. The van der Waals surface area contributed by atoms with E-state index in [9.17, 15) is 28.8 Å². The summed E-state index contributed by atoms with van der Waals surface area (Å²) in [5, 5.41) is 0. The van der Waals surface area contributed by atoms with Crippen LogP contribution in [0.5, 0.6) is 0 Å². The van der Waals surface area contributed by atoms with Crippen molar-refractivity contribution in [3.8, 4) is 0 Å². The number of aromatic nitrogens is 4. The summed E-state index contributed by atoms with van der Waals surface area (Å²) in [4.78, 5) is 146. The van der Waals surface area contributed by atoms with Crippen LogP contribution in [0.15, 0.2) is 73.1 Å². The Morgan fingerprint density at radius 2 is 0.670 bits per heavy atom. The van der Waals surface area contributed by atoms with Crippen molar-refractivity contribution >= 4 is 59.4 Å². The van der Waals surface area contributed by atoms with Gasteiger partial charge in [0, 0.05) is 92.4 Å². The van der Waals surface area contributed by atoms with Gasteiger partial charge in [0.15, 0.2) is 24.4 Å². The fourth-order valence-electron chi connectivity index (χ4n) is 11.7. The molecular weight excluding hydrogens is 1200 g/mol. The Morgan fingerprint density at radius 3 is 0.968 bits per heavy atom. The Labute approximate surface area is 553 Å². The van der Waals surface area contributed by atoms with Gasteiger partial charge in [0.2, 0.25) is 11.9 Å². The van der Waals surface area contributed by atoms with E-state index in [1.807, 2.05) is 116 Å². The topological polar surface area (TPSA) is 263 Å². The molecule has 24 nitrogen and oxygen atoms in total. The first-order valence-electron chi connectivity index (χ1n) is 33.0. The molecule has 24 heteroatoms. The number of amides is 4. The zero-order valence-corrected chi connectivity index (χ0v) is 57.4. The zero-order valence-electron chi connectivity index (χ0n) is 57.4. The van der Waals surface area contributed by atoms with Gasteiger partial charge in [0.05, 0.1) is 37.8 Å². The number of carbonyl (C=O) groups is 8. The highest BCUT2D eigenvalue weighted by atomic mass is 16.6. The number of hydrogen-bond acceptors (Lipinski definition) is 20. The predicted molar refractivity (Wildman–Crippen MR) is 351 cm³/mol. The molecular formula is C70H98N10O14. The van der Waals surface area contributed by atoms with Crippen molar-refractivity contribution in [3.05, 3.63) is 107 Å². The summed E-state index contributed by atoms with van der Waals surface area (Å²) in [6, 6.07) is 13.3. The smallest absolute Gasteiger partial charge is 0.329 e. The number of ether oxygens (including phenoxy) is 6. The summed E-state index contributed by atoms with van der Waals surface area (Å²) in [6.45, 7) is 22.6. The van der Waals surface area contributed by atoms with Crippen LogP contribution in [-0.4, -0.2) is 216 Å². The van der Waals surface area contributed by atoms with Gasteiger partial charge in [0.1, 0.15) is 24.2 Å². The Morgan fingerprint density at radius 1 is 0.394 bits per heavy atom. The second kappa shape index (κ2) is 34.3. The molecule has 0 spiro atoms. The number of anilines is 2. The molecule has 8 atom stereocenters. The van der Waals surface area contributed by atoms with Gasteiger partial charge in [-0.3, -0.25) is 19.2 Å². The number of rotatable bonds is 18. The van der Waals surface area contributed by atoms with Crippen LogP contribution in [0.25, 0.3) is 0 Å². The van der Waals surface area contributed by atoms with Gasteiger partial charge >= 0.3 is 23.9 Å². The van der Waals surface area contributed by atoms with Gasteiger partial charge < -0.3 is 57.8 Å². The van der Waals surface area contributed by atoms with Gasteiger partial charge in [-0.2, -0.15) is 0 Å². The van der Waals surface area contributed by atoms with E-state index in [4.69, 9.17) is 38.4 Å². The van der Waals surface area contributed by atoms with Crippen LogP contribution in [0.2, 0.25) is 0 Å². The van der Waals surface area contributed by atoms with Gasteiger partial charge in [-0.05, 0) is 97.6 Å². The summed E-state index contributed by atoms with van der Waals surface area (Å²) in [7, 11) is 5.58. The minimum Gasteiger partial charge on any atom is -0.451 e. The third-order valence-corrected chi connectivity index (χ3v) is 17.1. The average Bonchev–Trinajstić information content (AvgIpc) is 0.930. The monoisotopic (exact) mass is 1300 g/mol. The Bertz CT molecular complexity index is 2980. The number of esters is 4. The summed E-state index contributed by atoms with van der Waals surface area (Å²) >= 11 is 0. The van der Waals surface area contributed by atoms with Crippen molar-refractivity contribution in [2.45, 2.75) is 169 Å². The van der Waals surface area contributed by atoms with Crippen molar-refractivity contribution in [2.24, 2.45) is 23.7 Å². The molecule has 4 aromatic rings. The fraction of sp³-hybridized carbons (Fsp3) is 0.600. The van der Waals surface area contributed by atoms with Crippen molar-refractivity contribution in [2.75, 3.05) is 90.6 Å².